The van der Waals surface area contributed by atoms with Gasteiger partial charge in [-0.3, -0.25) is 9.13 Å². The number of hydrogen-bond donors (Lipinski definition) is 2. The molecule has 0 radical (unpaired) electrons. The first kappa shape index (κ1) is 17.4. The van der Waals surface area contributed by atoms with Gasteiger partial charge in [-0.25, -0.2) is 9.59 Å². The number of benzene rings is 1. The van der Waals surface area contributed by atoms with Crippen LogP contribution in [0, 0.1) is 0 Å². The fraction of sp³-hybridized carbons (Fsp3) is 0.556. The van der Waals surface area contributed by atoms with Crippen LogP contribution in [0.25, 0.3) is 11.0 Å². The maximum absolute atomic E-state index is 12.3. The molecule has 1 fully saturated rings. The van der Waals surface area contributed by atoms with Crippen LogP contribution < -0.4 is 21.2 Å². The van der Waals surface area contributed by atoms with Gasteiger partial charge in [0.2, 0.25) is 0 Å². The third-order valence-corrected chi connectivity index (χ3v) is 4.75. The normalized spacial score (nSPS) is 15.0. The Hall–Kier alpha value is -2.44. The SMILES string of the molecule is CC(C)NC(=O)Nc1cc2c(cc1N1CCCCC1)n(C)c(=O)n2C. The summed E-state index contributed by atoms with van der Waals surface area (Å²) in [5.41, 5.74) is 3.35. The summed E-state index contributed by atoms with van der Waals surface area (Å²) in [6, 6.07) is 3.75. The highest BCUT2D eigenvalue weighted by Crippen LogP contribution is 2.32. The molecule has 0 unspecified atom stereocenters. The monoisotopic (exact) mass is 345 g/mol. The summed E-state index contributed by atoms with van der Waals surface area (Å²) in [5.74, 6) is 0. The van der Waals surface area contributed by atoms with Crippen molar-refractivity contribution in [2.45, 2.75) is 39.2 Å². The molecule has 1 saturated heterocycles. The summed E-state index contributed by atoms with van der Waals surface area (Å²) >= 11 is 0. The number of nitrogens with zero attached hydrogens (tertiary/aromatic N) is 3. The Kier molecular flexibility index (Phi) is 4.74. The van der Waals surface area contributed by atoms with E-state index in [1.807, 2.05) is 26.0 Å². The molecule has 7 nitrogen and oxygen atoms in total. The second-order valence-electron chi connectivity index (χ2n) is 7.06. The Balaban J connectivity index is 2.08. The second kappa shape index (κ2) is 6.82. The van der Waals surface area contributed by atoms with Gasteiger partial charge in [0, 0.05) is 33.2 Å². The van der Waals surface area contributed by atoms with Crippen molar-refractivity contribution in [3.8, 4) is 0 Å². The van der Waals surface area contributed by atoms with E-state index in [-0.39, 0.29) is 17.8 Å². The molecular formula is C18H27N5O2. The van der Waals surface area contributed by atoms with Crippen molar-refractivity contribution >= 4 is 28.4 Å². The standard InChI is InChI=1S/C18H27N5O2/c1-12(2)19-17(24)20-13-10-15-16(22(4)18(25)21(15)3)11-14(13)23-8-6-5-7-9-23/h10-12H,5-9H2,1-4H3,(H2,19,20,24). The van der Waals surface area contributed by atoms with Crippen LogP contribution in [-0.4, -0.2) is 34.3 Å². The lowest BCUT2D eigenvalue weighted by atomic mass is 10.1. The molecule has 1 aromatic carbocycles. The molecule has 0 atom stereocenters. The van der Waals surface area contributed by atoms with Gasteiger partial charge in [-0.2, -0.15) is 0 Å². The highest BCUT2D eigenvalue weighted by Gasteiger charge is 2.20. The molecule has 1 aliphatic heterocycles. The topological polar surface area (TPSA) is 71.3 Å². The van der Waals surface area contributed by atoms with Gasteiger partial charge in [-0.15, -0.1) is 0 Å². The lowest BCUT2D eigenvalue weighted by molar-refractivity contribution is 0.250. The van der Waals surface area contributed by atoms with Crippen molar-refractivity contribution in [2.75, 3.05) is 23.3 Å². The molecule has 2 heterocycles. The van der Waals surface area contributed by atoms with Crippen LogP contribution >= 0.6 is 0 Å². The summed E-state index contributed by atoms with van der Waals surface area (Å²) < 4.78 is 3.27. The van der Waals surface area contributed by atoms with E-state index in [0.717, 1.165) is 48.3 Å². The van der Waals surface area contributed by atoms with Crippen molar-refractivity contribution in [2.24, 2.45) is 14.1 Å². The number of aromatic nitrogens is 2. The zero-order valence-electron chi connectivity index (χ0n) is 15.4. The number of fused-ring (bicyclic) bond motifs is 1. The minimum absolute atomic E-state index is 0.0586. The number of carbonyl (C=O) groups excluding carboxylic acids is 1. The Labute approximate surface area is 147 Å². The number of amides is 2. The number of aryl methyl sites for hydroxylation is 2. The summed E-state index contributed by atoms with van der Waals surface area (Å²) in [6.45, 7) is 5.78. The van der Waals surface area contributed by atoms with Crippen molar-refractivity contribution < 1.29 is 4.79 Å². The first-order valence-corrected chi connectivity index (χ1v) is 8.90. The highest BCUT2D eigenvalue weighted by atomic mass is 16.2. The molecule has 3 rings (SSSR count). The Morgan fingerprint density at radius 3 is 2.24 bits per heavy atom. The van der Waals surface area contributed by atoms with Gasteiger partial charge in [0.25, 0.3) is 0 Å². The summed E-state index contributed by atoms with van der Waals surface area (Å²) in [7, 11) is 3.53. The fourth-order valence-electron chi connectivity index (χ4n) is 3.45. The van der Waals surface area contributed by atoms with Crippen LogP contribution in [0.15, 0.2) is 16.9 Å². The van der Waals surface area contributed by atoms with Crippen LogP contribution in [0.3, 0.4) is 0 Å². The molecule has 0 saturated carbocycles. The molecule has 2 amide bonds. The third kappa shape index (κ3) is 3.36. The van der Waals surface area contributed by atoms with E-state index in [1.54, 1.807) is 23.2 Å². The minimum Gasteiger partial charge on any atom is -0.370 e. The Morgan fingerprint density at radius 2 is 1.64 bits per heavy atom. The lowest BCUT2D eigenvalue weighted by Gasteiger charge is -2.31. The van der Waals surface area contributed by atoms with Crippen molar-refractivity contribution in [3.63, 3.8) is 0 Å². The van der Waals surface area contributed by atoms with Crippen LogP contribution in [-0.2, 0) is 14.1 Å². The predicted octanol–water partition coefficient (Wildman–Crippen LogP) is 2.40. The largest absolute Gasteiger partial charge is 0.370 e. The van der Waals surface area contributed by atoms with Gasteiger partial charge in [0.05, 0.1) is 22.4 Å². The molecule has 2 N–H and O–H groups in total. The van der Waals surface area contributed by atoms with Gasteiger partial charge >= 0.3 is 11.7 Å². The molecule has 136 valence electrons. The van der Waals surface area contributed by atoms with Crippen LogP contribution in [0.4, 0.5) is 16.2 Å². The van der Waals surface area contributed by atoms with E-state index >= 15 is 0 Å². The highest BCUT2D eigenvalue weighted by molar-refractivity contribution is 5.98. The maximum Gasteiger partial charge on any atom is 0.328 e. The number of nitrogens with one attached hydrogen (secondary N) is 2. The fourth-order valence-corrected chi connectivity index (χ4v) is 3.45. The van der Waals surface area contributed by atoms with Gasteiger partial charge < -0.3 is 15.5 Å². The number of rotatable bonds is 3. The van der Waals surface area contributed by atoms with Crippen LogP contribution in [0.2, 0.25) is 0 Å². The van der Waals surface area contributed by atoms with Gasteiger partial charge in [0.1, 0.15) is 0 Å². The van der Waals surface area contributed by atoms with Gasteiger partial charge in [-0.1, -0.05) is 0 Å². The van der Waals surface area contributed by atoms with Gasteiger partial charge in [-0.05, 0) is 45.2 Å². The molecule has 0 spiro atoms. The van der Waals surface area contributed by atoms with E-state index in [9.17, 15) is 9.59 Å². The second-order valence-corrected chi connectivity index (χ2v) is 7.06. The third-order valence-electron chi connectivity index (χ3n) is 4.75. The molecule has 0 bridgehead atoms. The molecule has 1 aliphatic rings. The van der Waals surface area contributed by atoms with E-state index < -0.39 is 0 Å². The predicted molar refractivity (Wildman–Crippen MR) is 102 cm³/mol. The van der Waals surface area contributed by atoms with Crippen LogP contribution in [0.5, 0.6) is 0 Å². The quantitative estimate of drug-likeness (QED) is 0.897. The number of urea groups is 1. The van der Waals surface area contributed by atoms with Crippen LogP contribution in [0.1, 0.15) is 33.1 Å². The Morgan fingerprint density at radius 1 is 1.04 bits per heavy atom. The smallest absolute Gasteiger partial charge is 0.328 e. The molecular weight excluding hydrogens is 318 g/mol. The van der Waals surface area contributed by atoms with Gasteiger partial charge in [0.15, 0.2) is 0 Å². The molecule has 7 heteroatoms. The molecule has 0 aliphatic carbocycles. The number of carbonyl (C=O) groups is 1. The zero-order valence-corrected chi connectivity index (χ0v) is 15.4. The minimum atomic E-state index is -0.228. The molecule has 1 aromatic heterocycles. The summed E-state index contributed by atoms with van der Waals surface area (Å²) in [4.78, 5) is 26.8. The first-order valence-electron chi connectivity index (χ1n) is 8.90. The van der Waals surface area contributed by atoms with E-state index in [0.29, 0.717) is 0 Å². The van der Waals surface area contributed by atoms with Crippen molar-refractivity contribution in [3.05, 3.63) is 22.6 Å². The number of anilines is 2. The van der Waals surface area contributed by atoms with E-state index in [1.165, 1.54) is 6.42 Å². The summed E-state index contributed by atoms with van der Waals surface area (Å²) in [6.07, 6.45) is 3.52. The number of hydrogen-bond acceptors (Lipinski definition) is 3. The van der Waals surface area contributed by atoms with E-state index in [2.05, 4.69) is 15.5 Å². The Bertz CT molecular complexity index is 843. The average molecular weight is 345 g/mol. The molecule has 25 heavy (non-hydrogen) atoms. The zero-order chi connectivity index (χ0) is 18.1. The average Bonchev–Trinajstić information content (AvgIpc) is 2.78. The first-order chi connectivity index (χ1) is 11.9. The van der Waals surface area contributed by atoms with E-state index in [4.69, 9.17) is 0 Å². The molecule has 2 aromatic rings. The van der Waals surface area contributed by atoms with Crippen molar-refractivity contribution in [1.82, 2.24) is 14.5 Å². The maximum atomic E-state index is 12.3. The van der Waals surface area contributed by atoms with Crippen molar-refractivity contribution in [1.29, 1.82) is 0 Å². The number of piperidine rings is 1. The number of imidazole rings is 1. The lowest BCUT2D eigenvalue weighted by Crippen LogP contribution is -2.35. The summed E-state index contributed by atoms with van der Waals surface area (Å²) in [5, 5.41) is 5.83.